The van der Waals surface area contributed by atoms with Crippen LogP contribution in [0, 0.1) is 0 Å². The van der Waals surface area contributed by atoms with E-state index in [9.17, 15) is 9.59 Å². The van der Waals surface area contributed by atoms with E-state index in [0.29, 0.717) is 39.5 Å². The second kappa shape index (κ2) is 6.63. The molecule has 0 saturated heterocycles. The van der Waals surface area contributed by atoms with Gasteiger partial charge in [0.2, 0.25) is 0 Å². The maximum atomic E-state index is 13.2. The SMILES string of the molecule is CCc1ccc(Cl)c(CC)c1N1C(=O)c2cc3c(Cl)cccc3nc2C1=O. The normalized spacial score (nSPS) is 13.6. The maximum absolute atomic E-state index is 13.2. The lowest BCUT2D eigenvalue weighted by Gasteiger charge is -2.22. The van der Waals surface area contributed by atoms with E-state index in [1.54, 1.807) is 24.3 Å². The van der Waals surface area contributed by atoms with Gasteiger partial charge >= 0.3 is 0 Å². The Morgan fingerprint density at radius 2 is 1.74 bits per heavy atom. The number of nitrogens with zero attached hydrogens (tertiary/aromatic N) is 2. The molecule has 4 rings (SSSR count). The third-order valence-corrected chi connectivity index (χ3v) is 5.60. The van der Waals surface area contributed by atoms with Gasteiger partial charge in [-0.15, -0.1) is 0 Å². The van der Waals surface area contributed by atoms with Crippen molar-refractivity contribution in [3.63, 3.8) is 0 Å². The Labute approximate surface area is 166 Å². The molecule has 1 aliphatic heterocycles. The van der Waals surface area contributed by atoms with Gasteiger partial charge in [-0.3, -0.25) is 9.59 Å². The third kappa shape index (κ3) is 2.63. The van der Waals surface area contributed by atoms with E-state index in [-0.39, 0.29) is 11.3 Å². The van der Waals surface area contributed by atoms with Crippen molar-refractivity contribution in [1.82, 2.24) is 4.98 Å². The molecule has 2 heterocycles. The first kappa shape index (κ1) is 18.0. The Balaban J connectivity index is 1.96. The van der Waals surface area contributed by atoms with Crippen LogP contribution in [0.4, 0.5) is 5.69 Å². The van der Waals surface area contributed by atoms with Crippen molar-refractivity contribution >= 4 is 51.6 Å². The fraction of sp³-hybridized carbons (Fsp3) is 0.190. The summed E-state index contributed by atoms with van der Waals surface area (Å²) in [5.41, 5.74) is 3.27. The number of aryl methyl sites for hydroxylation is 1. The number of pyridine rings is 1. The van der Waals surface area contributed by atoms with Gasteiger partial charge in [-0.2, -0.15) is 0 Å². The lowest BCUT2D eigenvalue weighted by Crippen LogP contribution is -2.31. The Morgan fingerprint density at radius 3 is 2.44 bits per heavy atom. The molecule has 0 N–H and O–H groups in total. The second-order valence-corrected chi connectivity index (χ2v) is 7.19. The summed E-state index contributed by atoms with van der Waals surface area (Å²) in [5.74, 6) is -0.820. The Hall–Kier alpha value is -2.43. The van der Waals surface area contributed by atoms with Gasteiger partial charge in [0.05, 0.1) is 16.8 Å². The zero-order valence-electron chi connectivity index (χ0n) is 14.8. The maximum Gasteiger partial charge on any atom is 0.284 e. The summed E-state index contributed by atoms with van der Waals surface area (Å²) in [6.45, 7) is 3.94. The highest BCUT2D eigenvalue weighted by Gasteiger charge is 2.40. The van der Waals surface area contributed by atoms with E-state index in [4.69, 9.17) is 23.2 Å². The van der Waals surface area contributed by atoms with Crippen LogP contribution in [-0.2, 0) is 12.8 Å². The average Bonchev–Trinajstić information content (AvgIpc) is 2.90. The molecule has 0 spiro atoms. The largest absolute Gasteiger partial charge is 0.284 e. The number of imide groups is 1. The Bertz CT molecular complexity index is 1120. The van der Waals surface area contributed by atoms with E-state index >= 15 is 0 Å². The van der Waals surface area contributed by atoms with Gasteiger partial charge in [-0.25, -0.2) is 9.88 Å². The standard InChI is InChI=1S/C21H16Cl2N2O2/c1-3-11-8-9-16(23)12(4-2)19(11)25-20(26)14-10-13-15(22)6-5-7-17(13)24-18(14)21(25)27/h5-10H,3-4H2,1-2H3. The van der Waals surface area contributed by atoms with Gasteiger partial charge in [0.1, 0.15) is 5.69 Å². The molecule has 0 fully saturated rings. The van der Waals surface area contributed by atoms with E-state index in [1.807, 2.05) is 26.0 Å². The lowest BCUT2D eigenvalue weighted by molar-refractivity contribution is 0.0924. The number of carbonyl (C=O) groups is 2. The van der Waals surface area contributed by atoms with Gasteiger partial charge < -0.3 is 0 Å². The van der Waals surface area contributed by atoms with E-state index in [1.165, 1.54) is 4.90 Å². The van der Waals surface area contributed by atoms with Gasteiger partial charge in [-0.05, 0) is 48.2 Å². The minimum atomic E-state index is -0.427. The molecule has 3 aromatic rings. The van der Waals surface area contributed by atoms with Crippen LogP contribution in [0.3, 0.4) is 0 Å². The van der Waals surface area contributed by atoms with Gasteiger partial charge in [0.15, 0.2) is 0 Å². The lowest BCUT2D eigenvalue weighted by atomic mass is 10.0. The summed E-state index contributed by atoms with van der Waals surface area (Å²) in [6.07, 6.45) is 1.28. The summed E-state index contributed by atoms with van der Waals surface area (Å²) in [4.78, 5) is 32.0. The Morgan fingerprint density at radius 1 is 0.963 bits per heavy atom. The van der Waals surface area contributed by atoms with Crippen LogP contribution in [0.15, 0.2) is 36.4 Å². The van der Waals surface area contributed by atoms with Crippen molar-refractivity contribution in [3.8, 4) is 0 Å². The summed E-state index contributed by atoms with van der Waals surface area (Å²) < 4.78 is 0. The molecule has 0 saturated carbocycles. The first-order valence-corrected chi connectivity index (χ1v) is 9.51. The summed E-state index contributed by atoms with van der Waals surface area (Å²) in [7, 11) is 0. The van der Waals surface area contributed by atoms with Crippen LogP contribution in [0.5, 0.6) is 0 Å². The van der Waals surface area contributed by atoms with E-state index in [0.717, 1.165) is 11.1 Å². The minimum absolute atomic E-state index is 0.152. The van der Waals surface area contributed by atoms with E-state index in [2.05, 4.69) is 4.98 Å². The number of aromatic nitrogens is 1. The monoisotopic (exact) mass is 398 g/mol. The number of hydrogen-bond donors (Lipinski definition) is 0. The van der Waals surface area contributed by atoms with Crippen LogP contribution in [0.25, 0.3) is 10.9 Å². The van der Waals surface area contributed by atoms with Crippen LogP contribution in [-0.4, -0.2) is 16.8 Å². The topological polar surface area (TPSA) is 50.3 Å². The molecular formula is C21H16Cl2N2O2. The number of anilines is 1. The van der Waals surface area contributed by atoms with Crippen molar-refractivity contribution in [2.75, 3.05) is 4.90 Å². The fourth-order valence-corrected chi connectivity index (χ4v) is 4.08. The minimum Gasteiger partial charge on any atom is -0.268 e. The highest BCUT2D eigenvalue weighted by molar-refractivity contribution is 6.38. The molecule has 0 unspecified atom stereocenters. The number of carbonyl (C=O) groups excluding carboxylic acids is 2. The van der Waals surface area contributed by atoms with Crippen LogP contribution in [0.1, 0.15) is 45.8 Å². The highest BCUT2D eigenvalue weighted by atomic mass is 35.5. The molecule has 27 heavy (non-hydrogen) atoms. The number of hydrogen-bond acceptors (Lipinski definition) is 3. The highest BCUT2D eigenvalue weighted by Crippen LogP contribution is 2.38. The predicted molar refractivity (Wildman–Crippen MR) is 108 cm³/mol. The zero-order valence-corrected chi connectivity index (χ0v) is 16.4. The number of fused-ring (bicyclic) bond motifs is 2. The van der Waals surface area contributed by atoms with Gasteiger partial charge in [0, 0.05) is 15.4 Å². The van der Waals surface area contributed by atoms with Crippen molar-refractivity contribution in [3.05, 3.63) is 68.8 Å². The first-order chi connectivity index (χ1) is 13.0. The van der Waals surface area contributed by atoms with Crippen LogP contribution < -0.4 is 4.90 Å². The molecule has 0 atom stereocenters. The van der Waals surface area contributed by atoms with Crippen LogP contribution in [0.2, 0.25) is 10.0 Å². The van der Waals surface area contributed by atoms with Crippen molar-refractivity contribution < 1.29 is 9.59 Å². The van der Waals surface area contributed by atoms with Crippen LogP contribution >= 0.6 is 23.2 Å². The Kier molecular flexibility index (Phi) is 4.41. The fourth-order valence-electron chi connectivity index (χ4n) is 3.57. The molecule has 0 radical (unpaired) electrons. The first-order valence-electron chi connectivity index (χ1n) is 8.76. The number of rotatable bonds is 3. The predicted octanol–water partition coefficient (Wildman–Crippen LogP) is 5.47. The molecule has 1 aliphatic rings. The number of amides is 2. The molecule has 136 valence electrons. The molecular weight excluding hydrogens is 383 g/mol. The average molecular weight is 399 g/mol. The summed E-state index contributed by atoms with van der Waals surface area (Å²) in [6, 6.07) is 10.6. The smallest absolute Gasteiger partial charge is 0.268 e. The summed E-state index contributed by atoms with van der Waals surface area (Å²) in [5, 5.41) is 1.69. The molecule has 0 aliphatic carbocycles. The molecule has 1 aromatic heterocycles. The van der Waals surface area contributed by atoms with Crippen molar-refractivity contribution in [1.29, 1.82) is 0 Å². The molecule has 4 nitrogen and oxygen atoms in total. The van der Waals surface area contributed by atoms with Gasteiger partial charge in [-0.1, -0.05) is 49.2 Å². The molecule has 0 bridgehead atoms. The van der Waals surface area contributed by atoms with Crippen molar-refractivity contribution in [2.45, 2.75) is 26.7 Å². The molecule has 2 aromatic carbocycles. The van der Waals surface area contributed by atoms with E-state index < -0.39 is 11.8 Å². The molecule has 6 heteroatoms. The summed E-state index contributed by atoms with van der Waals surface area (Å²) >= 11 is 12.6. The number of benzene rings is 2. The molecule has 2 amide bonds. The number of halogens is 2. The second-order valence-electron chi connectivity index (χ2n) is 6.38. The van der Waals surface area contributed by atoms with Gasteiger partial charge in [0.25, 0.3) is 11.8 Å². The van der Waals surface area contributed by atoms with Crippen molar-refractivity contribution in [2.24, 2.45) is 0 Å². The third-order valence-electron chi connectivity index (χ3n) is 4.91. The quantitative estimate of drug-likeness (QED) is 0.549. The zero-order chi connectivity index (χ0) is 19.3.